The molecule has 1 rings (SSSR count). The molecule has 0 aliphatic rings. The van der Waals surface area contributed by atoms with Gasteiger partial charge >= 0.3 is 7.32 Å². The van der Waals surface area contributed by atoms with Gasteiger partial charge in [0.2, 0.25) is 0 Å². The number of aryl methyl sites for hydroxylation is 1. The molecule has 0 radical (unpaired) electrons. The summed E-state index contributed by atoms with van der Waals surface area (Å²) >= 11 is 0. The quantitative estimate of drug-likeness (QED) is 0.192. The lowest BCUT2D eigenvalue weighted by Crippen LogP contribution is -2.50. The van der Waals surface area contributed by atoms with Crippen LogP contribution in [0.3, 0.4) is 0 Å². The average Bonchev–Trinajstić information content (AvgIpc) is 2.75. The Morgan fingerprint density at radius 1 is 0.788 bits per heavy atom. The lowest BCUT2D eigenvalue weighted by Gasteiger charge is -2.39. The van der Waals surface area contributed by atoms with E-state index in [1.54, 1.807) is 6.07 Å². The topological polar surface area (TPSA) is 41.5 Å². The maximum absolute atomic E-state index is 11.6. The molecule has 0 bridgehead atoms. The molecule has 0 aromatic heterocycles. The van der Waals surface area contributed by atoms with E-state index < -0.39 is 15.6 Å². The van der Waals surface area contributed by atoms with Gasteiger partial charge in [-0.15, -0.1) is 0 Å². The molecule has 6 heteroatoms. The van der Waals surface area contributed by atoms with Crippen molar-refractivity contribution in [1.82, 2.24) is 0 Å². The van der Waals surface area contributed by atoms with Crippen LogP contribution in [0.15, 0.2) is 18.2 Å². The molecule has 4 nitrogen and oxygen atoms in total. The monoisotopic (exact) mass is 479 g/mol. The third-order valence-electron chi connectivity index (χ3n) is 6.17. The summed E-state index contributed by atoms with van der Waals surface area (Å²) in [7, 11) is -3.27. The average molecular weight is 480 g/mol. The number of quaternary nitrogens is 1. The highest BCUT2D eigenvalue weighted by Crippen LogP contribution is 2.21. The van der Waals surface area contributed by atoms with E-state index in [4.69, 9.17) is 9.00 Å². The van der Waals surface area contributed by atoms with Gasteiger partial charge in [-0.2, -0.15) is 0 Å². The third kappa shape index (κ3) is 14.9. The standard InChI is InChI=1S/C16H36N.C11H18BO3Si/c1-5-9-13-17(14-10-6-2,15-11-7-3)16-12-8-4;1-9-7-6-8-11(10(9)2)14-12(13)15-16(3,4)5/h5-16H2,1-4H3;6-8H,1-5H3/q+1;-1. The summed E-state index contributed by atoms with van der Waals surface area (Å²) in [6.07, 6.45) is 11.1. The van der Waals surface area contributed by atoms with Crippen molar-refractivity contribution < 1.29 is 18.5 Å². The first kappa shape index (κ1) is 32.2. The van der Waals surface area contributed by atoms with E-state index in [9.17, 15) is 5.02 Å². The highest BCUT2D eigenvalue weighted by atomic mass is 28.4. The molecule has 0 saturated heterocycles. The van der Waals surface area contributed by atoms with Crippen molar-refractivity contribution in [2.24, 2.45) is 0 Å². The SMILES string of the molecule is CCCC[N+](CCCC)(CCCC)CCCC.Cc1cccc(OB([O-])O[Si](C)(C)C)c1C. The largest absolute Gasteiger partial charge is 0.821 e. The zero-order valence-corrected chi connectivity index (χ0v) is 24.5. The van der Waals surface area contributed by atoms with Crippen molar-refractivity contribution >= 4 is 15.6 Å². The Labute approximate surface area is 208 Å². The van der Waals surface area contributed by atoms with Gasteiger partial charge in [-0.1, -0.05) is 65.5 Å². The minimum Gasteiger partial charge on any atom is -0.821 e. The van der Waals surface area contributed by atoms with Crippen molar-refractivity contribution in [3.8, 4) is 5.75 Å². The van der Waals surface area contributed by atoms with Crippen LogP contribution >= 0.6 is 0 Å². The fraction of sp³-hybridized carbons (Fsp3) is 0.778. The first-order valence-corrected chi connectivity index (χ1v) is 16.9. The Kier molecular flexibility index (Phi) is 17.2. The van der Waals surface area contributed by atoms with Crippen molar-refractivity contribution in [2.75, 3.05) is 26.2 Å². The van der Waals surface area contributed by atoms with Gasteiger partial charge in [0, 0.05) is 0 Å². The van der Waals surface area contributed by atoms with Crippen LogP contribution in [0.1, 0.15) is 90.2 Å². The van der Waals surface area contributed by atoms with Gasteiger partial charge in [-0.25, -0.2) is 0 Å². The fourth-order valence-corrected chi connectivity index (χ4v) is 4.54. The molecule has 0 unspecified atom stereocenters. The Morgan fingerprint density at radius 2 is 1.21 bits per heavy atom. The summed E-state index contributed by atoms with van der Waals surface area (Å²) < 4.78 is 12.0. The normalized spacial score (nSPS) is 11.7. The maximum atomic E-state index is 11.6. The first-order valence-electron chi connectivity index (χ1n) is 13.5. The molecule has 1 aromatic carbocycles. The number of hydrogen-bond donors (Lipinski definition) is 0. The maximum Gasteiger partial charge on any atom is 0.407 e. The first-order chi connectivity index (χ1) is 15.5. The van der Waals surface area contributed by atoms with Crippen LogP contribution in [0.25, 0.3) is 0 Å². The summed E-state index contributed by atoms with van der Waals surface area (Å²) in [5, 5.41) is 11.6. The molecule has 0 N–H and O–H groups in total. The summed E-state index contributed by atoms with van der Waals surface area (Å²) in [6.45, 7) is 24.8. The summed E-state index contributed by atoms with van der Waals surface area (Å²) in [5.74, 6) is 0.609. The van der Waals surface area contributed by atoms with Crippen molar-refractivity contribution in [3.63, 3.8) is 0 Å². The molecular weight excluding hydrogens is 425 g/mol. The minimum absolute atomic E-state index is 0.609. The van der Waals surface area contributed by atoms with E-state index in [1.165, 1.54) is 82.0 Å². The Bertz CT molecular complexity index is 584. The number of unbranched alkanes of at least 4 members (excludes halogenated alkanes) is 4. The second-order valence-electron chi connectivity index (χ2n) is 10.5. The third-order valence-corrected chi connectivity index (χ3v) is 7.07. The lowest BCUT2D eigenvalue weighted by molar-refractivity contribution is -0.929. The number of rotatable bonds is 16. The number of hydrogen-bond acceptors (Lipinski definition) is 3. The van der Waals surface area contributed by atoms with Gasteiger partial charge in [-0.3, -0.25) is 0 Å². The molecule has 0 fully saturated rings. The molecule has 1 aromatic rings. The second kappa shape index (κ2) is 17.6. The van der Waals surface area contributed by atoms with Crippen molar-refractivity contribution in [1.29, 1.82) is 0 Å². The number of nitrogens with zero attached hydrogens (tertiary/aromatic N) is 1. The van der Waals surface area contributed by atoms with Crippen LogP contribution in [-0.2, 0) is 4.34 Å². The van der Waals surface area contributed by atoms with Crippen LogP contribution < -0.4 is 9.68 Å². The van der Waals surface area contributed by atoms with Crippen molar-refractivity contribution in [2.45, 2.75) is 113 Å². The fourth-order valence-electron chi connectivity index (χ4n) is 3.91. The van der Waals surface area contributed by atoms with Gasteiger partial charge in [0.05, 0.1) is 26.2 Å². The van der Waals surface area contributed by atoms with Crippen molar-refractivity contribution in [3.05, 3.63) is 29.3 Å². The van der Waals surface area contributed by atoms with Gasteiger partial charge in [0.1, 0.15) is 5.75 Å². The smallest absolute Gasteiger partial charge is 0.407 e. The van der Waals surface area contributed by atoms with E-state index in [1.807, 2.05) is 45.6 Å². The highest BCUT2D eigenvalue weighted by molar-refractivity contribution is 6.74. The van der Waals surface area contributed by atoms with Crippen LogP contribution in [0, 0.1) is 13.8 Å². The molecule has 192 valence electrons. The van der Waals surface area contributed by atoms with Crippen LogP contribution in [0.2, 0.25) is 19.6 Å². The van der Waals surface area contributed by atoms with Crippen LogP contribution in [0.5, 0.6) is 5.75 Å². The molecule has 33 heavy (non-hydrogen) atoms. The Morgan fingerprint density at radius 3 is 1.58 bits per heavy atom. The molecule has 0 amide bonds. The zero-order chi connectivity index (χ0) is 25.3. The molecule has 0 spiro atoms. The predicted octanol–water partition coefficient (Wildman–Crippen LogP) is 6.88. The van der Waals surface area contributed by atoms with Gasteiger partial charge in [-0.05, 0) is 76.4 Å². The van der Waals surface area contributed by atoms with Crippen LogP contribution in [0.4, 0.5) is 0 Å². The van der Waals surface area contributed by atoms with E-state index in [0.29, 0.717) is 5.75 Å². The summed E-state index contributed by atoms with van der Waals surface area (Å²) in [6, 6.07) is 5.65. The van der Waals surface area contributed by atoms with E-state index >= 15 is 0 Å². The van der Waals surface area contributed by atoms with Crippen LogP contribution in [-0.4, -0.2) is 46.3 Å². The molecule has 0 aliphatic heterocycles. The minimum atomic E-state index is -1.84. The Hall–Kier alpha value is -0.818. The molecule has 0 heterocycles. The zero-order valence-electron chi connectivity index (χ0n) is 23.5. The summed E-state index contributed by atoms with van der Waals surface area (Å²) in [4.78, 5) is 0. The molecule has 0 saturated carbocycles. The van der Waals surface area contributed by atoms with Gasteiger partial charge < -0.3 is 18.5 Å². The van der Waals surface area contributed by atoms with E-state index in [-0.39, 0.29) is 0 Å². The van der Waals surface area contributed by atoms with E-state index in [0.717, 1.165) is 11.1 Å². The summed E-state index contributed by atoms with van der Waals surface area (Å²) in [5.41, 5.74) is 2.10. The lowest BCUT2D eigenvalue weighted by atomic mass is 10.1. The Balaban J connectivity index is 0.000000621. The molecule has 0 atom stereocenters. The van der Waals surface area contributed by atoms with Gasteiger partial charge in [0.15, 0.2) is 8.32 Å². The number of benzene rings is 1. The molecule has 0 aliphatic carbocycles. The molecular formula is C27H54BNO3Si. The highest BCUT2D eigenvalue weighted by Gasteiger charge is 2.24. The van der Waals surface area contributed by atoms with Gasteiger partial charge in [0.25, 0.3) is 0 Å². The predicted molar refractivity (Wildman–Crippen MR) is 146 cm³/mol. The second-order valence-corrected chi connectivity index (χ2v) is 14.9. The van der Waals surface area contributed by atoms with E-state index in [2.05, 4.69) is 27.7 Å².